The molecule has 1 heterocycles. The Balaban J connectivity index is 2.34. The summed E-state index contributed by atoms with van der Waals surface area (Å²) in [6, 6.07) is 3.26. The Labute approximate surface area is 114 Å². The van der Waals surface area contributed by atoms with E-state index in [2.05, 4.69) is 4.98 Å². The fraction of sp³-hybridized carbons (Fsp3) is 0.182. The number of alkyl halides is 3. The molecule has 1 aromatic heterocycles. The summed E-state index contributed by atoms with van der Waals surface area (Å²) >= 11 is 6.05. The number of rotatable bonds is 2. The molecule has 102 valence electrons. The Bertz CT molecular complexity index is 599. The number of aliphatic hydroxyl groups is 1. The first-order chi connectivity index (χ1) is 8.79. The monoisotopic (exact) mass is 311 g/mol. The van der Waals surface area contributed by atoms with E-state index in [1.807, 2.05) is 0 Å². The van der Waals surface area contributed by atoms with Crippen molar-refractivity contribution in [2.24, 2.45) is 0 Å². The van der Waals surface area contributed by atoms with E-state index in [9.17, 15) is 22.7 Å². The molecule has 0 aliphatic carbocycles. The molecule has 1 atom stereocenters. The van der Waals surface area contributed by atoms with Crippen LogP contribution in [0.5, 0.6) is 0 Å². The smallest absolute Gasteiger partial charge is 0.383 e. The maximum absolute atomic E-state index is 12.8. The fourth-order valence-electron chi connectivity index (χ4n) is 1.42. The van der Waals surface area contributed by atoms with Crippen molar-refractivity contribution in [3.05, 3.63) is 50.7 Å². The lowest BCUT2D eigenvalue weighted by Gasteiger charge is -2.10. The van der Waals surface area contributed by atoms with Crippen LogP contribution in [0, 0.1) is 5.82 Å². The van der Waals surface area contributed by atoms with Crippen LogP contribution >= 0.6 is 22.9 Å². The van der Waals surface area contributed by atoms with Crippen molar-refractivity contribution in [2.45, 2.75) is 12.3 Å². The van der Waals surface area contributed by atoms with Gasteiger partial charge in [0.1, 0.15) is 11.9 Å². The van der Waals surface area contributed by atoms with Crippen LogP contribution in [0.2, 0.25) is 5.02 Å². The highest BCUT2D eigenvalue weighted by Gasteiger charge is 2.35. The first kappa shape index (κ1) is 14.2. The molecule has 2 nitrogen and oxygen atoms in total. The first-order valence-electron chi connectivity index (χ1n) is 4.95. The van der Waals surface area contributed by atoms with Gasteiger partial charge in [-0.15, -0.1) is 11.3 Å². The topological polar surface area (TPSA) is 33.1 Å². The Morgan fingerprint density at radius 1 is 1.32 bits per heavy atom. The Morgan fingerprint density at radius 3 is 2.53 bits per heavy atom. The molecule has 0 saturated heterocycles. The zero-order chi connectivity index (χ0) is 14.2. The molecular weight excluding hydrogens is 306 g/mol. The minimum Gasteiger partial charge on any atom is -0.383 e. The van der Waals surface area contributed by atoms with Crippen molar-refractivity contribution in [1.29, 1.82) is 0 Å². The third-order valence-electron chi connectivity index (χ3n) is 2.29. The van der Waals surface area contributed by atoms with Gasteiger partial charge in [0, 0.05) is 16.8 Å². The second-order valence-corrected chi connectivity index (χ2v) is 5.10. The Hall–Kier alpha value is -1.18. The second-order valence-electron chi connectivity index (χ2n) is 3.63. The molecule has 0 spiro atoms. The van der Waals surface area contributed by atoms with Crippen LogP contribution in [-0.2, 0) is 6.18 Å². The van der Waals surface area contributed by atoms with E-state index in [1.54, 1.807) is 0 Å². The normalized spacial score (nSPS) is 13.6. The van der Waals surface area contributed by atoms with E-state index >= 15 is 0 Å². The van der Waals surface area contributed by atoms with E-state index in [0.717, 1.165) is 18.3 Å². The molecular formula is C11H6ClF4NOS. The highest BCUT2D eigenvalue weighted by Crippen LogP contribution is 2.37. The number of thiazole rings is 1. The first-order valence-corrected chi connectivity index (χ1v) is 6.14. The fourth-order valence-corrected chi connectivity index (χ4v) is 2.48. The van der Waals surface area contributed by atoms with Crippen molar-refractivity contribution in [3.63, 3.8) is 0 Å². The second kappa shape index (κ2) is 5.07. The molecule has 2 aromatic rings. The lowest BCUT2D eigenvalue weighted by Crippen LogP contribution is -2.03. The van der Waals surface area contributed by atoms with Gasteiger partial charge in [-0.3, -0.25) is 0 Å². The summed E-state index contributed by atoms with van der Waals surface area (Å²) in [6.45, 7) is 0. The minimum absolute atomic E-state index is 0.0131. The van der Waals surface area contributed by atoms with E-state index in [0.29, 0.717) is 11.3 Å². The summed E-state index contributed by atoms with van der Waals surface area (Å²) in [6.07, 6.45) is -5.01. The number of aromatic nitrogens is 1. The molecule has 0 aliphatic heterocycles. The molecule has 1 N–H and O–H groups in total. The molecule has 1 unspecified atom stereocenters. The number of hydrogen-bond donors (Lipinski definition) is 1. The van der Waals surface area contributed by atoms with Crippen molar-refractivity contribution in [1.82, 2.24) is 4.98 Å². The van der Waals surface area contributed by atoms with Gasteiger partial charge in [0.15, 0.2) is 5.01 Å². The van der Waals surface area contributed by atoms with Crippen molar-refractivity contribution in [2.75, 3.05) is 0 Å². The molecule has 0 amide bonds. The Kier molecular flexibility index (Phi) is 3.80. The summed E-state index contributed by atoms with van der Waals surface area (Å²) in [5.41, 5.74) is 0.125. The molecule has 1 aromatic carbocycles. The van der Waals surface area contributed by atoms with Gasteiger partial charge in [-0.1, -0.05) is 17.7 Å². The van der Waals surface area contributed by atoms with Crippen LogP contribution in [0.15, 0.2) is 24.4 Å². The lowest BCUT2D eigenvalue weighted by molar-refractivity contribution is -0.137. The third-order valence-corrected chi connectivity index (χ3v) is 3.71. The predicted molar refractivity (Wildman–Crippen MR) is 62.6 cm³/mol. The average Bonchev–Trinajstić information content (AvgIpc) is 2.76. The quantitative estimate of drug-likeness (QED) is 0.849. The highest BCUT2D eigenvalue weighted by atomic mass is 35.5. The summed E-state index contributed by atoms with van der Waals surface area (Å²) in [7, 11) is 0. The van der Waals surface area contributed by atoms with Crippen LogP contribution in [0.25, 0.3) is 0 Å². The standard InChI is InChI=1S/C11H6ClF4NOS/c12-7-3-5(13)1-2-6(7)9(18)8-4-17-10(19-8)11(14,15)16/h1-4,9,18H. The van der Waals surface area contributed by atoms with Crippen molar-refractivity contribution < 1.29 is 22.7 Å². The van der Waals surface area contributed by atoms with Crippen molar-refractivity contribution >= 4 is 22.9 Å². The molecule has 0 fully saturated rings. The van der Waals surface area contributed by atoms with Gasteiger partial charge in [0.2, 0.25) is 0 Å². The molecule has 19 heavy (non-hydrogen) atoms. The van der Waals surface area contributed by atoms with Crippen molar-refractivity contribution in [3.8, 4) is 0 Å². The summed E-state index contributed by atoms with van der Waals surface area (Å²) in [5.74, 6) is -0.596. The van der Waals surface area contributed by atoms with E-state index in [4.69, 9.17) is 11.6 Å². The molecule has 0 saturated carbocycles. The van der Waals surface area contributed by atoms with Gasteiger partial charge < -0.3 is 5.11 Å². The zero-order valence-corrected chi connectivity index (χ0v) is 10.7. The molecule has 0 aliphatic rings. The van der Waals surface area contributed by atoms with E-state index in [1.165, 1.54) is 6.07 Å². The predicted octanol–water partition coefficient (Wildman–Crippen LogP) is 4.04. The number of nitrogens with zero attached hydrogens (tertiary/aromatic N) is 1. The van der Waals surface area contributed by atoms with E-state index in [-0.39, 0.29) is 15.5 Å². The van der Waals surface area contributed by atoms with E-state index < -0.39 is 23.1 Å². The van der Waals surface area contributed by atoms with Crippen LogP contribution in [-0.4, -0.2) is 10.1 Å². The average molecular weight is 312 g/mol. The van der Waals surface area contributed by atoms with Crippen LogP contribution in [0.4, 0.5) is 17.6 Å². The number of hydrogen-bond acceptors (Lipinski definition) is 3. The van der Waals surface area contributed by atoms with Crippen LogP contribution in [0.3, 0.4) is 0 Å². The Morgan fingerprint density at radius 2 is 2.00 bits per heavy atom. The zero-order valence-electron chi connectivity index (χ0n) is 9.08. The maximum Gasteiger partial charge on any atom is 0.443 e. The molecule has 0 radical (unpaired) electrons. The van der Waals surface area contributed by atoms with Gasteiger partial charge in [-0.2, -0.15) is 13.2 Å². The molecule has 0 bridgehead atoms. The van der Waals surface area contributed by atoms with Gasteiger partial charge in [-0.05, 0) is 12.1 Å². The van der Waals surface area contributed by atoms with Gasteiger partial charge in [0.25, 0.3) is 0 Å². The molecule has 2 rings (SSSR count). The number of benzene rings is 1. The van der Waals surface area contributed by atoms with Gasteiger partial charge >= 0.3 is 6.18 Å². The number of aliphatic hydroxyl groups excluding tert-OH is 1. The highest BCUT2D eigenvalue weighted by molar-refractivity contribution is 7.11. The number of halogens is 5. The third kappa shape index (κ3) is 3.05. The van der Waals surface area contributed by atoms with Gasteiger partial charge in [-0.25, -0.2) is 9.37 Å². The van der Waals surface area contributed by atoms with Crippen LogP contribution in [0.1, 0.15) is 21.6 Å². The van der Waals surface area contributed by atoms with Gasteiger partial charge in [0.05, 0.1) is 4.88 Å². The maximum atomic E-state index is 12.8. The summed E-state index contributed by atoms with van der Waals surface area (Å²) < 4.78 is 50.0. The summed E-state index contributed by atoms with van der Waals surface area (Å²) in [5, 5.41) is 8.82. The SMILES string of the molecule is OC(c1cnc(C(F)(F)F)s1)c1ccc(F)cc1Cl. The lowest BCUT2D eigenvalue weighted by atomic mass is 10.1. The largest absolute Gasteiger partial charge is 0.443 e. The summed E-state index contributed by atoms with van der Waals surface area (Å²) in [4.78, 5) is 3.18. The minimum atomic E-state index is -4.56. The molecule has 8 heteroatoms. The van der Waals surface area contributed by atoms with Crippen LogP contribution < -0.4 is 0 Å².